The van der Waals surface area contributed by atoms with Crippen molar-refractivity contribution in [1.82, 2.24) is 14.0 Å². The number of hydrogen-bond acceptors (Lipinski definition) is 5. The predicted octanol–water partition coefficient (Wildman–Crippen LogP) is 3.02. The number of hydrogen-bond donors (Lipinski definition) is 2. The van der Waals surface area contributed by atoms with Gasteiger partial charge in [-0.3, -0.25) is 13.9 Å². The molecule has 0 bridgehead atoms. The zero-order valence-electron chi connectivity index (χ0n) is 20.5. The van der Waals surface area contributed by atoms with Crippen LogP contribution in [0.15, 0.2) is 64.2 Å². The van der Waals surface area contributed by atoms with Gasteiger partial charge in [0.25, 0.3) is 5.56 Å². The first kappa shape index (κ1) is 29.5. The number of aliphatic carboxylic acids is 1. The van der Waals surface area contributed by atoms with Crippen LogP contribution in [0.4, 0.5) is 17.6 Å². The van der Waals surface area contributed by atoms with E-state index < -0.39 is 35.3 Å². The molecule has 0 aliphatic heterocycles. The quantitative estimate of drug-likeness (QED) is 0.460. The van der Waals surface area contributed by atoms with Gasteiger partial charge in [0.05, 0.1) is 12.1 Å². The maximum atomic E-state index is 14.6. The molecule has 3 N–H and O–H groups in total. The molecule has 200 valence electrons. The number of carboxylic acid groups (broad SMARTS) is 1. The van der Waals surface area contributed by atoms with Gasteiger partial charge in [0.15, 0.2) is 0 Å². The minimum Gasteiger partial charge on any atom is -0.475 e. The Balaban J connectivity index is 0.000000604. The number of benzene rings is 2. The number of rotatable bonds is 7. The maximum Gasteiger partial charge on any atom is 0.490 e. The Morgan fingerprint density at radius 2 is 1.57 bits per heavy atom. The Hall–Kier alpha value is -3.77. The zero-order chi connectivity index (χ0) is 27.9. The van der Waals surface area contributed by atoms with Gasteiger partial charge in [-0.05, 0) is 32.6 Å². The molecule has 2 aromatic carbocycles. The Morgan fingerprint density at radius 1 is 1.03 bits per heavy atom. The number of carboxylic acids is 1. The van der Waals surface area contributed by atoms with Crippen LogP contribution in [0.2, 0.25) is 0 Å². The van der Waals surface area contributed by atoms with Crippen molar-refractivity contribution in [3.05, 3.63) is 92.5 Å². The highest BCUT2D eigenvalue weighted by molar-refractivity contribution is 5.73. The van der Waals surface area contributed by atoms with Gasteiger partial charge in [0.2, 0.25) is 0 Å². The molecular weight excluding hydrogens is 496 g/mol. The van der Waals surface area contributed by atoms with E-state index >= 15 is 0 Å². The highest BCUT2D eigenvalue weighted by Gasteiger charge is 2.38. The fraction of sp³-hybridized carbons (Fsp3) is 0.320. The van der Waals surface area contributed by atoms with Crippen molar-refractivity contribution >= 4 is 5.97 Å². The average molecular weight is 525 g/mol. The standard InChI is InChI=1S/C23H27FN4O2.C2HF3O2/c1-16-21(18-11-7-8-12-19(18)24)22(29)28(23(30)27(16)14-13-26(2)3)15-20(25)17-9-5-4-6-10-17;3-2(4,5)1(6)7/h4-12,20H,13-15,25H2,1-3H3;(H,6,7)/t20-;/m0./s1. The number of alkyl halides is 3. The van der Waals surface area contributed by atoms with Crippen molar-refractivity contribution in [3.8, 4) is 11.1 Å². The molecule has 0 unspecified atom stereocenters. The van der Waals surface area contributed by atoms with Crippen molar-refractivity contribution in [2.24, 2.45) is 5.73 Å². The second-order valence-corrected chi connectivity index (χ2v) is 8.41. The number of likely N-dealkylation sites (N-methyl/N-ethyl adjacent to an activating group) is 1. The van der Waals surface area contributed by atoms with Crippen LogP contribution in [0.5, 0.6) is 0 Å². The Labute approximate surface area is 210 Å². The van der Waals surface area contributed by atoms with E-state index in [2.05, 4.69) is 0 Å². The summed E-state index contributed by atoms with van der Waals surface area (Å²) in [6, 6.07) is 14.9. The summed E-state index contributed by atoms with van der Waals surface area (Å²) in [7, 11) is 3.80. The summed E-state index contributed by atoms with van der Waals surface area (Å²) in [4.78, 5) is 37.4. The molecule has 1 aromatic heterocycles. The lowest BCUT2D eigenvalue weighted by atomic mass is 10.0. The third-order valence-electron chi connectivity index (χ3n) is 5.45. The first-order chi connectivity index (χ1) is 17.3. The van der Waals surface area contributed by atoms with E-state index in [1.165, 1.54) is 10.6 Å². The van der Waals surface area contributed by atoms with Gasteiger partial charge in [-0.15, -0.1) is 0 Å². The van der Waals surface area contributed by atoms with Crippen LogP contribution in [0.1, 0.15) is 17.3 Å². The fourth-order valence-corrected chi connectivity index (χ4v) is 3.50. The summed E-state index contributed by atoms with van der Waals surface area (Å²) in [5.74, 6) is -3.26. The minimum absolute atomic E-state index is 0.00533. The highest BCUT2D eigenvalue weighted by atomic mass is 19.4. The van der Waals surface area contributed by atoms with Crippen molar-refractivity contribution in [2.75, 3.05) is 20.6 Å². The van der Waals surface area contributed by atoms with Crippen molar-refractivity contribution in [3.63, 3.8) is 0 Å². The van der Waals surface area contributed by atoms with E-state index in [0.717, 1.165) is 10.1 Å². The van der Waals surface area contributed by atoms with E-state index in [0.29, 0.717) is 18.8 Å². The van der Waals surface area contributed by atoms with E-state index in [1.54, 1.807) is 25.1 Å². The monoisotopic (exact) mass is 524 g/mol. The molecule has 0 fully saturated rings. The molecule has 3 aromatic rings. The molecule has 0 spiro atoms. The van der Waals surface area contributed by atoms with E-state index in [9.17, 15) is 27.2 Å². The smallest absolute Gasteiger partial charge is 0.475 e. The molecule has 12 heteroatoms. The normalized spacial score (nSPS) is 12.1. The van der Waals surface area contributed by atoms with Gasteiger partial charge in [-0.25, -0.2) is 14.0 Å². The van der Waals surface area contributed by atoms with Crippen molar-refractivity contribution < 1.29 is 27.5 Å². The van der Waals surface area contributed by atoms with Crippen molar-refractivity contribution in [1.29, 1.82) is 0 Å². The molecule has 0 radical (unpaired) electrons. The third-order valence-corrected chi connectivity index (χ3v) is 5.45. The predicted molar refractivity (Wildman–Crippen MR) is 131 cm³/mol. The Morgan fingerprint density at radius 3 is 2.08 bits per heavy atom. The summed E-state index contributed by atoms with van der Waals surface area (Å²) in [6.45, 7) is 2.66. The van der Waals surface area contributed by atoms with Gasteiger partial charge >= 0.3 is 17.8 Å². The molecular formula is C25H28F4N4O4. The second kappa shape index (κ2) is 12.5. The van der Waals surface area contributed by atoms with Crippen LogP contribution >= 0.6 is 0 Å². The zero-order valence-corrected chi connectivity index (χ0v) is 20.5. The lowest BCUT2D eigenvalue weighted by Crippen LogP contribution is -2.45. The van der Waals surface area contributed by atoms with Crippen LogP contribution < -0.4 is 17.0 Å². The maximum absolute atomic E-state index is 14.6. The highest BCUT2D eigenvalue weighted by Crippen LogP contribution is 2.22. The molecule has 37 heavy (non-hydrogen) atoms. The van der Waals surface area contributed by atoms with Crippen LogP contribution in [0.3, 0.4) is 0 Å². The molecule has 1 heterocycles. The second-order valence-electron chi connectivity index (χ2n) is 8.41. The summed E-state index contributed by atoms with van der Waals surface area (Å²) in [6.07, 6.45) is -5.08. The van der Waals surface area contributed by atoms with Crippen LogP contribution in [-0.2, 0) is 17.9 Å². The SMILES string of the molecule is Cc1c(-c2ccccc2F)c(=O)n(C[C@H](N)c2ccccc2)c(=O)n1CCN(C)C.O=C(O)C(F)(F)F. The summed E-state index contributed by atoms with van der Waals surface area (Å²) >= 11 is 0. The molecule has 3 rings (SSSR count). The van der Waals surface area contributed by atoms with Gasteiger partial charge in [-0.1, -0.05) is 48.5 Å². The topological polar surface area (TPSA) is 111 Å². The lowest BCUT2D eigenvalue weighted by Gasteiger charge is -2.21. The molecule has 1 atom stereocenters. The summed E-state index contributed by atoms with van der Waals surface area (Å²) in [5, 5.41) is 7.12. The summed E-state index contributed by atoms with van der Waals surface area (Å²) < 4.78 is 49.0. The molecule has 0 aliphatic rings. The number of nitrogens with zero attached hydrogens (tertiary/aromatic N) is 3. The first-order valence-electron chi connectivity index (χ1n) is 11.1. The van der Waals surface area contributed by atoms with Gasteiger partial charge in [0, 0.05) is 30.4 Å². The van der Waals surface area contributed by atoms with E-state index in [1.807, 2.05) is 49.3 Å². The molecule has 0 saturated carbocycles. The molecule has 0 aliphatic carbocycles. The molecule has 0 saturated heterocycles. The number of halogens is 4. The van der Waals surface area contributed by atoms with Gasteiger partial charge in [-0.2, -0.15) is 13.2 Å². The summed E-state index contributed by atoms with van der Waals surface area (Å²) in [5.41, 5.74) is 6.96. The Bertz CT molecular complexity index is 1340. The van der Waals surface area contributed by atoms with Gasteiger partial charge in [0.1, 0.15) is 5.82 Å². The van der Waals surface area contributed by atoms with Crippen molar-refractivity contribution in [2.45, 2.75) is 32.2 Å². The molecule has 8 nitrogen and oxygen atoms in total. The van der Waals surface area contributed by atoms with Gasteiger partial charge < -0.3 is 15.7 Å². The lowest BCUT2D eigenvalue weighted by molar-refractivity contribution is -0.192. The van der Waals surface area contributed by atoms with Crippen LogP contribution in [-0.4, -0.2) is 51.9 Å². The van der Waals surface area contributed by atoms with E-state index in [-0.39, 0.29) is 17.7 Å². The number of aromatic nitrogens is 2. The van der Waals surface area contributed by atoms with Crippen LogP contribution in [0.25, 0.3) is 11.1 Å². The fourth-order valence-electron chi connectivity index (χ4n) is 3.50. The number of nitrogens with two attached hydrogens (primary N) is 1. The third kappa shape index (κ3) is 7.61. The minimum atomic E-state index is -5.08. The van der Waals surface area contributed by atoms with Crippen LogP contribution in [0, 0.1) is 12.7 Å². The number of carbonyl (C=O) groups is 1. The first-order valence-corrected chi connectivity index (χ1v) is 11.1. The Kier molecular flexibility index (Phi) is 9.92. The average Bonchev–Trinajstić information content (AvgIpc) is 2.83. The molecule has 0 amide bonds. The largest absolute Gasteiger partial charge is 0.490 e. The van der Waals surface area contributed by atoms with E-state index in [4.69, 9.17) is 15.6 Å².